The van der Waals surface area contributed by atoms with Gasteiger partial charge in [-0.25, -0.2) is 0 Å². The van der Waals surface area contributed by atoms with Gasteiger partial charge < -0.3 is 14.8 Å². The van der Waals surface area contributed by atoms with E-state index < -0.39 is 0 Å². The summed E-state index contributed by atoms with van der Waals surface area (Å²) in [5.74, 6) is 1.09. The van der Waals surface area contributed by atoms with Crippen LogP contribution in [0.25, 0.3) is 11.1 Å². The number of fused-ring (bicyclic) bond motifs is 4. The Balaban J connectivity index is 1.37. The van der Waals surface area contributed by atoms with Crippen molar-refractivity contribution in [2.75, 3.05) is 13.2 Å². The smallest absolute Gasteiger partial charge is 0.251 e. The zero-order valence-corrected chi connectivity index (χ0v) is 15.0. The van der Waals surface area contributed by atoms with Gasteiger partial charge in [0.2, 0.25) is 0 Å². The van der Waals surface area contributed by atoms with Crippen molar-refractivity contribution in [3.8, 4) is 22.6 Å². The fraction of sp³-hybridized carbons (Fsp3) is 0.130. The number of hydrogen-bond acceptors (Lipinski definition) is 4. The first-order valence-electron chi connectivity index (χ1n) is 9.16. The van der Waals surface area contributed by atoms with Crippen LogP contribution in [0.4, 0.5) is 0 Å². The minimum absolute atomic E-state index is 0.0390. The quantitative estimate of drug-likeness (QED) is 0.598. The van der Waals surface area contributed by atoms with Crippen molar-refractivity contribution in [1.29, 1.82) is 0 Å². The number of nitrogens with one attached hydrogen (secondary N) is 1. The molecule has 3 aromatic carbocycles. The third kappa shape index (κ3) is 2.63. The summed E-state index contributed by atoms with van der Waals surface area (Å²) in [6.45, 7) is 1.33. The van der Waals surface area contributed by atoms with Crippen molar-refractivity contribution in [2.24, 2.45) is 0 Å². The van der Waals surface area contributed by atoms with Gasteiger partial charge in [-0.05, 0) is 29.3 Å². The Kier molecular flexibility index (Phi) is 3.86. The fourth-order valence-electron chi connectivity index (χ4n) is 3.72. The summed E-state index contributed by atoms with van der Waals surface area (Å²) in [5.41, 5.74) is 4.37. The number of rotatable bonds is 3. The Morgan fingerprint density at radius 1 is 0.857 bits per heavy atom. The third-order valence-corrected chi connectivity index (χ3v) is 5.08. The van der Waals surface area contributed by atoms with E-state index in [-0.39, 0.29) is 11.7 Å². The van der Waals surface area contributed by atoms with E-state index in [1.165, 1.54) is 0 Å². The SMILES string of the molecule is O=C(NCc1cccc2c1OCCO2)c1ccc2c(c1)C(=O)c1ccccc1-2. The Morgan fingerprint density at radius 2 is 1.64 bits per heavy atom. The summed E-state index contributed by atoms with van der Waals surface area (Å²) >= 11 is 0. The molecule has 1 aliphatic carbocycles. The zero-order chi connectivity index (χ0) is 19.1. The molecule has 5 heteroatoms. The molecule has 1 amide bonds. The van der Waals surface area contributed by atoms with Crippen LogP contribution in [0.15, 0.2) is 60.7 Å². The summed E-state index contributed by atoms with van der Waals surface area (Å²) in [7, 11) is 0. The molecule has 28 heavy (non-hydrogen) atoms. The van der Waals surface area contributed by atoms with Gasteiger partial charge in [-0.15, -0.1) is 0 Å². The standard InChI is InChI=1S/C23H17NO4/c25-21-18-6-2-1-5-16(18)17-9-8-14(12-19(17)21)23(26)24-13-15-4-3-7-20-22(15)28-11-10-27-20/h1-9,12H,10-11,13H2,(H,24,26). The van der Waals surface area contributed by atoms with Gasteiger partial charge in [-0.2, -0.15) is 0 Å². The molecule has 1 aliphatic heterocycles. The molecule has 0 fully saturated rings. The maximum atomic E-state index is 12.7. The molecule has 5 nitrogen and oxygen atoms in total. The largest absolute Gasteiger partial charge is 0.486 e. The molecule has 2 aliphatic rings. The normalized spacial score (nSPS) is 13.6. The number of hydrogen-bond donors (Lipinski definition) is 1. The van der Waals surface area contributed by atoms with Crippen LogP contribution >= 0.6 is 0 Å². The van der Waals surface area contributed by atoms with Gasteiger partial charge in [0.05, 0.1) is 0 Å². The first-order valence-corrected chi connectivity index (χ1v) is 9.16. The molecule has 0 radical (unpaired) electrons. The van der Waals surface area contributed by atoms with Crippen molar-refractivity contribution in [3.05, 3.63) is 82.9 Å². The highest BCUT2D eigenvalue weighted by Gasteiger charge is 2.27. The van der Waals surface area contributed by atoms with Gasteiger partial charge in [-0.3, -0.25) is 9.59 Å². The highest BCUT2D eigenvalue weighted by Crippen LogP contribution is 2.37. The van der Waals surface area contributed by atoms with Crippen molar-refractivity contribution in [2.45, 2.75) is 6.54 Å². The predicted molar refractivity (Wildman–Crippen MR) is 104 cm³/mol. The van der Waals surface area contributed by atoms with Crippen LogP contribution in [0.1, 0.15) is 31.8 Å². The molecule has 0 unspecified atom stereocenters. The Labute approximate surface area is 161 Å². The molecule has 0 bridgehead atoms. The lowest BCUT2D eigenvalue weighted by atomic mass is 10.0. The molecule has 0 spiro atoms. The van der Waals surface area contributed by atoms with E-state index in [2.05, 4.69) is 5.32 Å². The van der Waals surface area contributed by atoms with E-state index in [0.717, 1.165) is 16.7 Å². The minimum Gasteiger partial charge on any atom is -0.486 e. The summed E-state index contributed by atoms with van der Waals surface area (Å²) in [6.07, 6.45) is 0. The number of ether oxygens (including phenoxy) is 2. The molecule has 5 rings (SSSR count). The van der Waals surface area contributed by atoms with Crippen LogP contribution in [-0.2, 0) is 6.54 Å². The summed E-state index contributed by atoms with van der Waals surface area (Å²) in [4.78, 5) is 25.3. The Morgan fingerprint density at radius 3 is 2.54 bits per heavy atom. The summed E-state index contributed by atoms with van der Waals surface area (Å²) in [5, 5.41) is 2.91. The highest BCUT2D eigenvalue weighted by atomic mass is 16.6. The van der Waals surface area contributed by atoms with Crippen molar-refractivity contribution in [1.82, 2.24) is 5.32 Å². The third-order valence-electron chi connectivity index (χ3n) is 5.08. The van der Waals surface area contributed by atoms with E-state index in [1.54, 1.807) is 12.1 Å². The predicted octanol–water partition coefficient (Wildman–Crippen LogP) is 3.60. The average Bonchev–Trinajstić information content (AvgIpc) is 3.04. The summed E-state index contributed by atoms with van der Waals surface area (Å²) < 4.78 is 11.3. The van der Waals surface area contributed by atoms with E-state index in [1.807, 2.05) is 48.5 Å². The molecule has 138 valence electrons. The minimum atomic E-state index is -0.235. The van der Waals surface area contributed by atoms with Crippen LogP contribution in [0, 0.1) is 0 Å². The maximum absolute atomic E-state index is 12.7. The van der Waals surface area contributed by atoms with Crippen LogP contribution in [0.2, 0.25) is 0 Å². The molecule has 3 aromatic rings. The van der Waals surface area contributed by atoms with Gasteiger partial charge in [0.25, 0.3) is 5.91 Å². The van der Waals surface area contributed by atoms with Crippen LogP contribution in [0.3, 0.4) is 0 Å². The first-order chi connectivity index (χ1) is 13.7. The molecular formula is C23H17NO4. The molecule has 1 heterocycles. The number of amides is 1. The zero-order valence-electron chi connectivity index (χ0n) is 15.0. The van der Waals surface area contributed by atoms with Crippen molar-refractivity contribution < 1.29 is 19.1 Å². The fourth-order valence-corrected chi connectivity index (χ4v) is 3.72. The second-order valence-electron chi connectivity index (χ2n) is 6.76. The number of ketones is 1. The van der Waals surface area contributed by atoms with Gasteiger partial charge in [0.15, 0.2) is 17.3 Å². The van der Waals surface area contributed by atoms with Gasteiger partial charge in [0, 0.05) is 28.8 Å². The maximum Gasteiger partial charge on any atom is 0.251 e. The number of carbonyl (C=O) groups excluding carboxylic acids is 2. The topological polar surface area (TPSA) is 64.6 Å². The Hall–Kier alpha value is -3.60. The molecular weight excluding hydrogens is 354 g/mol. The molecule has 0 aromatic heterocycles. The first kappa shape index (κ1) is 16.6. The van der Waals surface area contributed by atoms with E-state index >= 15 is 0 Å². The number of carbonyl (C=O) groups is 2. The number of para-hydroxylation sites is 1. The average molecular weight is 371 g/mol. The van der Waals surface area contributed by atoms with Gasteiger partial charge in [-0.1, -0.05) is 42.5 Å². The van der Waals surface area contributed by atoms with E-state index in [4.69, 9.17) is 9.47 Å². The van der Waals surface area contributed by atoms with Crippen LogP contribution in [-0.4, -0.2) is 24.9 Å². The summed E-state index contributed by atoms with van der Waals surface area (Å²) in [6, 6.07) is 18.4. The molecule has 0 atom stereocenters. The second kappa shape index (κ2) is 6.53. The Bertz CT molecular complexity index is 1120. The van der Waals surface area contributed by atoms with Gasteiger partial charge in [0.1, 0.15) is 13.2 Å². The van der Waals surface area contributed by atoms with Crippen LogP contribution in [0.5, 0.6) is 11.5 Å². The number of benzene rings is 3. The lowest BCUT2D eigenvalue weighted by Gasteiger charge is -2.21. The van der Waals surface area contributed by atoms with Crippen molar-refractivity contribution in [3.63, 3.8) is 0 Å². The lowest BCUT2D eigenvalue weighted by molar-refractivity contribution is 0.0950. The monoisotopic (exact) mass is 371 g/mol. The highest BCUT2D eigenvalue weighted by molar-refractivity contribution is 6.22. The van der Waals surface area contributed by atoms with E-state index in [9.17, 15) is 9.59 Å². The molecule has 1 N–H and O–H groups in total. The van der Waals surface area contributed by atoms with Gasteiger partial charge >= 0.3 is 0 Å². The van der Waals surface area contributed by atoms with Crippen molar-refractivity contribution >= 4 is 11.7 Å². The van der Waals surface area contributed by atoms with E-state index in [0.29, 0.717) is 47.9 Å². The lowest BCUT2D eigenvalue weighted by Crippen LogP contribution is -2.24. The molecule has 0 saturated heterocycles. The van der Waals surface area contributed by atoms with Crippen LogP contribution < -0.4 is 14.8 Å². The second-order valence-corrected chi connectivity index (χ2v) is 6.76. The molecule has 0 saturated carbocycles.